The predicted molar refractivity (Wildman–Crippen MR) is 84.1 cm³/mol. The fourth-order valence-electron chi connectivity index (χ4n) is 2.54. The first-order valence-corrected chi connectivity index (χ1v) is 7.16. The van der Waals surface area contributed by atoms with Gasteiger partial charge in [0.15, 0.2) is 11.5 Å². The summed E-state index contributed by atoms with van der Waals surface area (Å²) in [6.07, 6.45) is 0.510. The van der Waals surface area contributed by atoms with Crippen molar-refractivity contribution in [1.82, 2.24) is 5.16 Å². The molecule has 0 N–H and O–H groups in total. The van der Waals surface area contributed by atoms with E-state index < -0.39 is 0 Å². The van der Waals surface area contributed by atoms with Crippen LogP contribution in [0.1, 0.15) is 28.5 Å². The van der Waals surface area contributed by atoms with Gasteiger partial charge in [-0.25, -0.2) is 0 Å². The summed E-state index contributed by atoms with van der Waals surface area (Å²) in [7, 11) is 4.65. The highest BCUT2D eigenvalue weighted by Gasteiger charge is 2.21. The van der Waals surface area contributed by atoms with Gasteiger partial charge in [-0.05, 0) is 38.0 Å². The molecule has 2 rings (SSSR count). The number of methoxy groups -OCH3 is 3. The summed E-state index contributed by atoms with van der Waals surface area (Å²) < 4.78 is 21.2. The standard InChI is InChI=1S/C17H20N2O4/c1-10-14(11(2)23-19-10)6-13(9-18)12-7-15(20-3)17(22-5)16(8-12)21-4/h7-8,13H,6H2,1-5H3. The van der Waals surface area contributed by atoms with Crippen molar-refractivity contribution in [1.29, 1.82) is 5.26 Å². The van der Waals surface area contributed by atoms with Crippen LogP contribution in [0.25, 0.3) is 0 Å². The van der Waals surface area contributed by atoms with Crippen LogP contribution < -0.4 is 14.2 Å². The quantitative estimate of drug-likeness (QED) is 0.814. The molecule has 1 heterocycles. The Morgan fingerprint density at radius 1 is 1.13 bits per heavy atom. The van der Waals surface area contributed by atoms with E-state index in [1.54, 1.807) is 33.5 Å². The minimum absolute atomic E-state index is 0.375. The fraction of sp³-hybridized carbons (Fsp3) is 0.412. The molecule has 1 aromatic carbocycles. The molecule has 1 atom stereocenters. The molecule has 2 aromatic rings. The third kappa shape index (κ3) is 3.24. The van der Waals surface area contributed by atoms with Gasteiger partial charge < -0.3 is 18.7 Å². The summed E-state index contributed by atoms with van der Waals surface area (Å²) >= 11 is 0. The van der Waals surface area contributed by atoms with Crippen molar-refractivity contribution in [3.63, 3.8) is 0 Å². The molecule has 0 spiro atoms. The third-order valence-electron chi connectivity index (χ3n) is 3.83. The van der Waals surface area contributed by atoms with Crippen molar-refractivity contribution in [2.75, 3.05) is 21.3 Å². The average Bonchev–Trinajstić information content (AvgIpc) is 2.89. The van der Waals surface area contributed by atoms with E-state index in [4.69, 9.17) is 18.7 Å². The molecule has 1 unspecified atom stereocenters. The first-order valence-electron chi connectivity index (χ1n) is 7.16. The second-order valence-electron chi connectivity index (χ2n) is 5.15. The van der Waals surface area contributed by atoms with Crippen molar-refractivity contribution in [3.05, 3.63) is 34.7 Å². The van der Waals surface area contributed by atoms with Crippen LogP contribution in [0.3, 0.4) is 0 Å². The van der Waals surface area contributed by atoms with E-state index in [9.17, 15) is 5.26 Å². The zero-order valence-electron chi connectivity index (χ0n) is 14.0. The first kappa shape index (κ1) is 16.7. The molecule has 23 heavy (non-hydrogen) atoms. The molecule has 0 bridgehead atoms. The van der Waals surface area contributed by atoms with E-state index in [1.807, 2.05) is 13.8 Å². The minimum atomic E-state index is -0.375. The maximum atomic E-state index is 9.60. The molecule has 6 heteroatoms. The topological polar surface area (TPSA) is 77.5 Å². The van der Waals surface area contributed by atoms with Gasteiger partial charge in [-0.2, -0.15) is 5.26 Å². The van der Waals surface area contributed by atoms with E-state index in [0.29, 0.717) is 23.7 Å². The fourth-order valence-corrected chi connectivity index (χ4v) is 2.54. The lowest BCUT2D eigenvalue weighted by atomic mass is 9.92. The summed E-state index contributed by atoms with van der Waals surface area (Å²) in [5, 5.41) is 13.5. The third-order valence-corrected chi connectivity index (χ3v) is 3.83. The number of aryl methyl sites for hydroxylation is 2. The normalized spacial score (nSPS) is 11.7. The Balaban J connectivity index is 2.44. The lowest BCUT2D eigenvalue weighted by molar-refractivity contribution is 0.323. The molecule has 0 aliphatic heterocycles. The number of hydrogen-bond acceptors (Lipinski definition) is 6. The van der Waals surface area contributed by atoms with Crippen LogP contribution in [0, 0.1) is 25.2 Å². The van der Waals surface area contributed by atoms with Crippen molar-refractivity contribution >= 4 is 0 Å². The number of hydrogen-bond donors (Lipinski definition) is 0. The molecule has 1 aromatic heterocycles. The summed E-state index contributed by atoms with van der Waals surface area (Å²) in [4.78, 5) is 0. The van der Waals surface area contributed by atoms with Gasteiger partial charge in [-0.3, -0.25) is 0 Å². The number of ether oxygens (including phenoxy) is 3. The Bertz CT molecular complexity index is 686. The molecule has 0 fully saturated rings. The second-order valence-corrected chi connectivity index (χ2v) is 5.15. The Labute approximate surface area is 135 Å². The van der Waals surface area contributed by atoms with Crippen LogP contribution in [0.15, 0.2) is 16.7 Å². The summed E-state index contributed by atoms with van der Waals surface area (Å²) in [6, 6.07) is 5.93. The SMILES string of the molecule is COc1cc(C(C#N)Cc2c(C)noc2C)cc(OC)c1OC. The van der Waals surface area contributed by atoms with Crippen molar-refractivity contribution in [2.24, 2.45) is 0 Å². The Hall–Kier alpha value is -2.68. The van der Waals surface area contributed by atoms with Crippen molar-refractivity contribution < 1.29 is 18.7 Å². The van der Waals surface area contributed by atoms with Gasteiger partial charge in [0, 0.05) is 5.56 Å². The number of benzene rings is 1. The van der Waals surface area contributed by atoms with Crippen LogP contribution in [0.4, 0.5) is 0 Å². The zero-order chi connectivity index (χ0) is 17.0. The lowest BCUT2D eigenvalue weighted by Crippen LogP contribution is -2.04. The molecule has 0 radical (unpaired) electrons. The van der Waals surface area contributed by atoms with Crippen LogP contribution in [-0.4, -0.2) is 26.5 Å². The maximum absolute atomic E-state index is 9.60. The molecule has 0 saturated heterocycles. The van der Waals surface area contributed by atoms with Crippen molar-refractivity contribution in [3.8, 4) is 23.3 Å². The molecule has 6 nitrogen and oxygen atoms in total. The van der Waals surface area contributed by atoms with Gasteiger partial charge in [0.2, 0.25) is 5.75 Å². The average molecular weight is 316 g/mol. The van der Waals surface area contributed by atoms with E-state index in [-0.39, 0.29) is 5.92 Å². The number of aromatic nitrogens is 1. The molecular formula is C17H20N2O4. The Morgan fingerprint density at radius 3 is 2.13 bits per heavy atom. The van der Waals surface area contributed by atoms with Gasteiger partial charge in [0.25, 0.3) is 0 Å². The lowest BCUT2D eigenvalue weighted by Gasteiger charge is -2.16. The van der Waals surface area contributed by atoms with Crippen LogP contribution in [0.5, 0.6) is 17.2 Å². The zero-order valence-corrected chi connectivity index (χ0v) is 14.0. The second kappa shape index (κ2) is 7.05. The van der Waals surface area contributed by atoms with Gasteiger partial charge >= 0.3 is 0 Å². The highest BCUT2D eigenvalue weighted by atomic mass is 16.5. The molecular weight excluding hydrogens is 296 g/mol. The molecule has 0 aliphatic rings. The predicted octanol–water partition coefficient (Wildman–Crippen LogP) is 3.17. The van der Waals surface area contributed by atoms with Crippen molar-refractivity contribution in [2.45, 2.75) is 26.2 Å². The Morgan fingerprint density at radius 2 is 1.74 bits per heavy atom. The van der Waals surface area contributed by atoms with Crippen LogP contribution in [0.2, 0.25) is 0 Å². The highest BCUT2D eigenvalue weighted by Crippen LogP contribution is 2.40. The number of nitriles is 1. The maximum Gasteiger partial charge on any atom is 0.203 e. The largest absolute Gasteiger partial charge is 0.493 e. The molecule has 0 saturated carbocycles. The summed E-state index contributed by atoms with van der Waals surface area (Å²) in [6.45, 7) is 3.72. The summed E-state index contributed by atoms with van der Waals surface area (Å²) in [5.74, 6) is 1.92. The van der Waals surface area contributed by atoms with E-state index in [1.165, 1.54) is 0 Å². The number of rotatable bonds is 6. The van der Waals surface area contributed by atoms with Gasteiger partial charge in [-0.1, -0.05) is 5.16 Å². The van der Waals surface area contributed by atoms with E-state index >= 15 is 0 Å². The van der Waals surface area contributed by atoms with Crippen LogP contribution in [-0.2, 0) is 6.42 Å². The number of nitrogens with zero attached hydrogens (tertiary/aromatic N) is 2. The molecule has 122 valence electrons. The van der Waals surface area contributed by atoms with E-state index in [2.05, 4.69) is 11.2 Å². The highest BCUT2D eigenvalue weighted by molar-refractivity contribution is 5.55. The van der Waals surface area contributed by atoms with Crippen LogP contribution >= 0.6 is 0 Å². The summed E-state index contributed by atoms with van der Waals surface area (Å²) in [5.41, 5.74) is 2.54. The van der Waals surface area contributed by atoms with Gasteiger partial charge in [0.1, 0.15) is 5.76 Å². The first-order chi connectivity index (χ1) is 11.0. The van der Waals surface area contributed by atoms with E-state index in [0.717, 1.165) is 22.6 Å². The monoisotopic (exact) mass is 316 g/mol. The molecule has 0 aliphatic carbocycles. The van der Waals surface area contributed by atoms with Gasteiger partial charge in [0.05, 0.1) is 39.0 Å². The molecule has 0 amide bonds. The smallest absolute Gasteiger partial charge is 0.203 e. The Kier molecular flexibility index (Phi) is 5.12. The van der Waals surface area contributed by atoms with Gasteiger partial charge in [-0.15, -0.1) is 0 Å². The minimum Gasteiger partial charge on any atom is -0.493 e.